The first-order valence-electron chi connectivity index (χ1n) is 14.4. The first kappa shape index (κ1) is 24.8. The fraction of sp³-hybridized carbons (Fsp3) is 0. The minimum Gasteiger partial charge on any atom is -0.435 e. The van der Waals surface area contributed by atoms with Crippen molar-refractivity contribution in [3.8, 4) is 45.6 Å². The number of aromatic nitrogens is 4. The van der Waals surface area contributed by atoms with Crippen LogP contribution in [0.5, 0.6) is 0 Å². The number of rotatable bonds is 4. The maximum absolute atomic E-state index is 6.71. The Morgan fingerprint density at radius 2 is 1.07 bits per heavy atom. The molecule has 9 aromatic rings. The highest BCUT2D eigenvalue weighted by atomic mass is 32.1. The summed E-state index contributed by atoms with van der Waals surface area (Å²) in [6.45, 7) is 0. The quantitative estimate of drug-likeness (QED) is 0.207. The van der Waals surface area contributed by atoms with Gasteiger partial charge in [-0.15, -0.1) is 11.3 Å². The van der Waals surface area contributed by atoms with Gasteiger partial charge in [0.1, 0.15) is 5.52 Å². The van der Waals surface area contributed by atoms with Crippen LogP contribution in [0.25, 0.3) is 87.7 Å². The lowest BCUT2D eigenvalue weighted by Crippen LogP contribution is -2.00. The van der Waals surface area contributed by atoms with Gasteiger partial charge in [-0.25, -0.2) is 19.9 Å². The van der Waals surface area contributed by atoms with Gasteiger partial charge in [-0.3, -0.25) is 0 Å². The molecule has 0 fully saturated rings. The van der Waals surface area contributed by atoms with Crippen molar-refractivity contribution < 1.29 is 4.42 Å². The van der Waals surface area contributed by atoms with E-state index < -0.39 is 0 Å². The van der Waals surface area contributed by atoms with Crippen molar-refractivity contribution in [2.24, 2.45) is 0 Å². The van der Waals surface area contributed by atoms with Crippen molar-refractivity contribution in [2.45, 2.75) is 0 Å². The normalized spacial score (nSPS) is 11.6. The van der Waals surface area contributed by atoms with Crippen LogP contribution in [-0.2, 0) is 0 Å². The summed E-state index contributed by atoms with van der Waals surface area (Å²) in [5.41, 5.74) is 5.01. The number of benzene rings is 6. The lowest BCUT2D eigenvalue weighted by Gasteiger charge is -2.10. The average molecular weight is 583 g/mol. The molecule has 0 amide bonds. The van der Waals surface area contributed by atoms with Crippen LogP contribution in [0.15, 0.2) is 138 Å². The van der Waals surface area contributed by atoms with E-state index in [1.807, 2.05) is 91.0 Å². The maximum Gasteiger partial charge on any atom is 0.227 e. The Morgan fingerprint density at radius 1 is 0.477 bits per heavy atom. The van der Waals surface area contributed by atoms with Crippen LogP contribution < -0.4 is 0 Å². The van der Waals surface area contributed by atoms with E-state index in [2.05, 4.69) is 42.5 Å². The summed E-state index contributed by atoms with van der Waals surface area (Å²) in [5.74, 6) is 2.32. The summed E-state index contributed by atoms with van der Waals surface area (Å²) in [7, 11) is 0. The average Bonchev–Trinajstić information content (AvgIpc) is 3.71. The SMILES string of the molecule is c1ccc(-c2nc(-c3ccccc3)nc(-c3cc4ccc5sc6ccccc6c5c4c4oc(-c5ccccc5)nc34)n2)cc1. The predicted octanol–water partition coefficient (Wildman–Crippen LogP) is 10.2. The molecule has 9 rings (SSSR count). The topological polar surface area (TPSA) is 64.7 Å². The summed E-state index contributed by atoms with van der Waals surface area (Å²) < 4.78 is 9.16. The molecule has 0 saturated carbocycles. The summed E-state index contributed by atoms with van der Waals surface area (Å²) >= 11 is 1.79. The monoisotopic (exact) mass is 582 g/mol. The maximum atomic E-state index is 6.71. The molecule has 0 radical (unpaired) electrons. The van der Waals surface area contributed by atoms with Gasteiger partial charge in [0, 0.05) is 47.8 Å². The second-order valence-electron chi connectivity index (χ2n) is 10.7. The number of fused-ring (bicyclic) bond motifs is 7. The molecule has 0 saturated heterocycles. The van der Waals surface area contributed by atoms with Crippen LogP contribution >= 0.6 is 11.3 Å². The van der Waals surface area contributed by atoms with Gasteiger partial charge in [-0.2, -0.15) is 0 Å². The summed E-state index contributed by atoms with van der Waals surface area (Å²) in [4.78, 5) is 20.1. The minimum atomic E-state index is 0.549. The molecule has 0 atom stereocenters. The van der Waals surface area contributed by atoms with Gasteiger partial charge in [0.15, 0.2) is 23.1 Å². The van der Waals surface area contributed by atoms with E-state index in [4.69, 9.17) is 24.4 Å². The van der Waals surface area contributed by atoms with Gasteiger partial charge >= 0.3 is 0 Å². The Balaban J connectivity index is 1.40. The zero-order valence-electron chi connectivity index (χ0n) is 23.3. The Bertz CT molecular complexity index is 2430. The Kier molecular flexibility index (Phi) is 5.61. The van der Waals surface area contributed by atoms with Gasteiger partial charge < -0.3 is 4.42 Å². The molecule has 6 heteroatoms. The van der Waals surface area contributed by atoms with Crippen LogP contribution in [-0.4, -0.2) is 19.9 Å². The zero-order chi connectivity index (χ0) is 29.0. The minimum absolute atomic E-state index is 0.549. The van der Waals surface area contributed by atoms with Crippen LogP contribution in [0.4, 0.5) is 0 Å². The van der Waals surface area contributed by atoms with Crippen LogP contribution in [0.2, 0.25) is 0 Å². The molecule has 44 heavy (non-hydrogen) atoms. The molecular formula is C38H22N4OS. The fourth-order valence-corrected chi connectivity index (χ4v) is 7.01. The molecule has 0 aliphatic heterocycles. The molecular weight excluding hydrogens is 561 g/mol. The van der Waals surface area contributed by atoms with Crippen molar-refractivity contribution in [1.29, 1.82) is 0 Å². The van der Waals surface area contributed by atoms with Crippen molar-refractivity contribution in [1.82, 2.24) is 19.9 Å². The van der Waals surface area contributed by atoms with Gasteiger partial charge in [0.25, 0.3) is 0 Å². The molecule has 0 bridgehead atoms. The van der Waals surface area contributed by atoms with Gasteiger partial charge in [0.05, 0.1) is 0 Å². The lowest BCUT2D eigenvalue weighted by atomic mass is 9.99. The highest BCUT2D eigenvalue weighted by Crippen LogP contribution is 2.44. The standard InChI is InChI=1S/C38H22N4OS/c1-4-12-23(13-5-1)35-40-36(24-14-6-2-7-15-24)42-37(41-35)28-22-26-20-21-30-32(27-18-10-11-19-29(27)44-30)31(26)34-33(28)39-38(43-34)25-16-8-3-9-17-25/h1-22H. The number of oxazole rings is 1. The molecule has 0 aliphatic rings. The van der Waals surface area contributed by atoms with Crippen molar-refractivity contribution in [2.75, 3.05) is 0 Å². The van der Waals surface area contributed by atoms with Crippen molar-refractivity contribution in [3.05, 3.63) is 133 Å². The largest absolute Gasteiger partial charge is 0.435 e. The summed E-state index contributed by atoms with van der Waals surface area (Å²) in [6.07, 6.45) is 0. The third kappa shape index (κ3) is 4.00. The van der Waals surface area contributed by atoms with Gasteiger partial charge in [-0.05, 0) is 35.7 Å². The lowest BCUT2D eigenvalue weighted by molar-refractivity contribution is 0.623. The van der Waals surface area contributed by atoms with E-state index in [1.54, 1.807) is 11.3 Å². The van der Waals surface area contributed by atoms with E-state index in [9.17, 15) is 0 Å². The van der Waals surface area contributed by atoms with Gasteiger partial charge in [0.2, 0.25) is 5.89 Å². The van der Waals surface area contributed by atoms with E-state index in [-0.39, 0.29) is 0 Å². The molecule has 0 aliphatic carbocycles. The first-order chi connectivity index (χ1) is 21.8. The number of hydrogen-bond donors (Lipinski definition) is 0. The van der Waals surface area contributed by atoms with Crippen LogP contribution in [0.3, 0.4) is 0 Å². The summed E-state index contributed by atoms with van der Waals surface area (Å²) in [6, 6.07) is 45.1. The van der Waals surface area contributed by atoms with Crippen LogP contribution in [0.1, 0.15) is 0 Å². The second-order valence-corrected chi connectivity index (χ2v) is 11.7. The second kappa shape index (κ2) is 9.93. The number of nitrogens with zero attached hydrogens (tertiary/aromatic N) is 4. The van der Waals surface area contributed by atoms with Crippen molar-refractivity contribution >= 4 is 53.4 Å². The molecule has 6 aromatic carbocycles. The molecule has 3 aromatic heterocycles. The zero-order valence-corrected chi connectivity index (χ0v) is 24.1. The Morgan fingerprint density at radius 3 is 1.75 bits per heavy atom. The van der Waals surface area contributed by atoms with E-state index in [0.717, 1.165) is 44.1 Å². The summed E-state index contributed by atoms with van der Waals surface area (Å²) in [5, 5.41) is 4.49. The van der Waals surface area contributed by atoms with E-state index in [0.29, 0.717) is 23.4 Å². The van der Waals surface area contributed by atoms with E-state index >= 15 is 0 Å². The third-order valence-corrected chi connectivity index (χ3v) is 9.08. The highest BCUT2D eigenvalue weighted by molar-refractivity contribution is 7.26. The molecule has 206 valence electrons. The number of hydrogen-bond acceptors (Lipinski definition) is 6. The smallest absolute Gasteiger partial charge is 0.227 e. The number of thiophene rings is 1. The Labute approximate surface area is 256 Å². The third-order valence-electron chi connectivity index (χ3n) is 7.95. The molecule has 3 heterocycles. The predicted molar refractivity (Wildman–Crippen MR) is 180 cm³/mol. The molecule has 5 nitrogen and oxygen atoms in total. The van der Waals surface area contributed by atoms with Gasteiger partial charge in [-0.1, -0.05) is 103 Å². The Hall–Kier alpha value is -5.72. The van der Waals surface area contributed by atoms with Crippen molar-refractivity contribution in [3.63, 3.8) is 0 Å². The highest BCUT2D eigenvalue weighted by Gasteiger charge is 2.22. The fourth-order valence-electron chi connectivity index (χ4n) is 5.90. The first-order valence-corrected chi connectivity index (χ1v) is 15.2. The van der Waals surface area contributed by atoms with Crippen LogP contribution in [0, 0.1) is 0 Å². The molecule has 0 unspecified atom stereocenters. The van der Waals surface area contributed by atoms with E-state index in [1.165, 1.54) is 20.2 Å². The molecule has 0 spiro atoms. The molecule has 0 N–H and O–H groups in total.